The summed E-state index contributed by atoms with van der Waals surface area (Å²) in [4.78, 5) is 10.4. The van der Waals surface area contributed by atoms with Crippen LogP contribution >= 0.6 is 33.1 Å². The van der Waals surface area contributed by atoms with Crippen molar-refractivity contribution >= 4 is 38.3 Å². The number of carbonyl (C=O) groups is 1. The number of nitrogens with one attached hydrogen (secondary N) is 1. The van der Waals surface area contributed by atoms with Crippen LogP contribution in [0, 0.1) is 0 Å². The van der Waals surface area contributed by atoms with Gasteiger partial charge in [-0.25, -0.2) is 0 Å². The van der Waals surface area contributed by atoms with Crippen LogP contribution in [0.4, 0.5) is 0 Å². The van der Waals surface area contributed by atoms with Crippen molar-refractivity contribution in [2.45, 2.75) is 0 Å². The Morgan fingerprint density at radius 2 is 2.56 bits per heavy atom. The fraction of sp³-hybridized carbons (Fsp3) is 0. The van der Waals surface area contributed by atoms with Crippen LogP contribution in [0.15, 0.2) is 21.9 Å². The van der Waals surface area contributed by atoms with Crippen molar-refractivity contribution in [3.05, 3.63) is 21.9 Å². The molecular weight excluding hydrogens is 252 g/mol. The Labute approximate surface area is 68.6 Å². The Balaban J connectivity index is 2.68. The van der Waals surface area contributed by atoms with E-state index in [-0.39, 0.29) is 21.5 Å². The van der Waals surface area contributed by atoms with E-state index in [2.05, 4.69) is 3.53 Å². The first-order valence-corrected chi connectivity index (χ1v) is 5.18. The molecule has 0 fully saturated rings. The molecule has 0 aromatic heterocycles. The van der Waals surface area contributed by atoms with Gasteiger partial charge in [-0.15, -0.1) is 0 Å². The van der Waals surface area contributed by atoms with Crippen molar-refractivity contribution in [1.29, 1.82) is 0 Å². The monoisotopic (exact) mass is 257 g/mol. The maximum absolute atomic E-state index is 10.4. The summed E-state index contributed by atoms with van der Waals surface area (Å²) in [5.74, 6) is 0. The van der Waals surface area contributed by atoms with Crippen LogP contribution in [0.1, 0.15) is 0 Å². The van der Waals surface area contributed by atoms with Gasteiger partial charge < -0.3 is 0 Å². The SMILES string of the molecule is O=C(Cl)C1=CC=C[IH]N1. The minimum atomic E-state index is -0.399. The molecule has 1 aliphatic rings. The molecule has 0 atom stereocenters. The van der Waals surface area contributed by atoms with Crippen molar-refractivity contribution in [2.24, 2.45) is 0 Å². The van der Waals surface area contributed by atoms with Crippen LogP contribution in [0.5, 0.6) is 0 Å². The third kappa shape index (κ3) is 1.98. The molecule has 0 saturated carbocycles. The van der Waals surface area contributed by atoms with Gasteiger partial charge in [-0.05, 0) is 0 Å². The van der Waals surface area contributed by atoms with Crippen molar-refractivity contribution in [3.8, 4) is 0 Å². The Morgan fingerprint density at radius 3 is 2.89 bits per heavy atom. The molecule has 1 aliphatic heterocycles. The maximum atomic E-state index is 10.4. The number of hydrogen-bond donors (Lipinski definition) is 1. The van der Waals surface area contributed by atoms with Crippen LogP contribution in [0.2, 0.25) is 0 Å². The summed E-state index contributed by atoms with van der Waals surface area (Å²) >= 11 is 4.86. The van der Waals surface area contributed by atoms with E-state index in [4.69, 9.17) is 11.6 Å². The van der Waals surface area contributed by atoms with E-state index in [9.17, 15) is 4.79 Å². The van der Waals surface area contributed by atoms with E-state index in [1.54, 1.807) is 6.08 Å². The number of hydrogen-bond acceptors (Lipinski definition) is 2. The number of allylic oxidation sites excluding steroid dienone is 3. The molecule has 0 aliphatic carbocycles. The summed E-state index contributed by atoms with van der Waals surface area (Å²) in [7, 11) is 0. The summed E-state index contributed by atoms with van der Waals surface area (Å²) in [6.07, 6.45) is 3.54. The zero-order chi connectivity index (χ0) is 6.69. The second-order valence-corrected chi connectivity index (χ2v) is 3.78. The molecule has 1 rings (SSSR count). The van der Waals surface area contributed by atoms with Crippen LogP contribution in [0.25, 0.3) is 0 Å². The second-order valence-electron chi connectivity index (χ2n) is 1.40. The zero-order valence-electron chi connectivity index (χ0n) is 4.43. The van der Waals surface area contributed by atoms with Crippen LogP contribution in [-0.4, -0.2) is 5.24 Å². The van der Waals surface area contributed by atoms with E-state index in [0.717, 1.165) is 0 Å². The van der Waals surface area contributed by atoms with Gasteiger partial charge in [0.25, 0.3) is 0 Å². The molecule has 1 N–H and O–H groups in total. The molecular formula is C5H5ClINO. The summed E-state index contributed by atoms with van der Waals surface area (Å²) < 4.78 is 4.98. The molecule has 0 bridgehead atoms. The average molecular weight is 257 g/mol. The molecule has 9 heavy (non-hydrogen) atoms. The molecule has 0 spiro atoms. The van der Waals surface area contributed by atoms with E-state index in [1.165, 1.54) is 0 Å². The molecule has 0 amide bonds. The summed E-state index contributed by atoms with van der Waals surface area (Å²) in [6.45, 7) is 0. The fourth-order valence-electron chi connectivity index (χ4n) is 0.412. The van der Waals surface area contributed by atoms with Crippen molar-refractivity contribution in [2.75, 3.05) is 0 Å². The van der Waals surface area contributed by atoms with Gasteiger partial charge in [0.15, 0.2) is 0 Å². The van der Waals surface area contributed by atoms with Gasteiger partial charge in [0, 0.05) is 0 Å². The molecule has 4 heteroatoms. The van der Waals surface area contributed by atoms with Gasteiger partial charge in [0.05, 0.1) is 0 Å². The number of carbonyl (C=O) groups excluding carboxylic acids is 1. The van der Waals surface area contributed by atoms with Crippen LogP contribution < -0.4 is 3.53 Å². The van der Waals surface area contributed by atoms with Gasteiger partial charge in [-0.2, -0.15) is 0 Å². The predicted octanol–water partition coefficient (Wildman–Crippen LogP) is 1.37. The van der Waals surface area contributed by atoms with Gasteiger partial charge in [0.2, 0.25) is 0 Å². The predicted molar refractivity (Wildman–Crippen MR) is 46.6 cm³/mol. The normalized spacial score (nSPS) is 17.2. The van der Waals surface area contributed by atoms with E-state index in [1.807, 2.05) is 10.2 Å². The van der Waals surface area contributed by atoms with E-state index < -0.39 is 5.24 Å². The third-order valence-electron chi connectivity index (χ3n) is 0.790. The van der Waals surface area contributed by atoms with Gasteiger partial charge in [-0.1, -0.05) is 0 Å². The van der Waals surface area contributed by atoms with Crippen molar-refractivity contribution < 1.29 is 4.79 Å². The summed E-state index contributed by atoms with van der Waals surface area (Å²) in [5.41, 5.74) is 0.529. The second kappa shape index (κ2) is 3.22. The minimum absolute atomic E-state index is 0.317. The molecule has 0 aromatic rings. The van der Waals surface area contributed by atoms with Gasteiger partial charge >= 0.3 is 68.6 Å². The Kier molecular flexibility index (Phi) is 2.53. The molecule has 1 heterocycles. The molecule has 0 saturated heterocycles. The first-order chi connectivity index (χ1) is 4.30. The number of rotatable bonds is 1. The molecule has 0 radical (unpaired) electrons. The molecule has 0 aromatic carbocycles. The van der Waals surface area contributed by atoms with Gasteiger partial charge in [0.1, 0.15) is 0 Å². The van der Waals surface area contributed by atoms with Crippen molar-refractivity contribution in [1.82, 2.24) is 3.53 Å². The Bertz CT molecular complexity index is 187. The van der Waals surface area contributed by atoms with Crippen LogP contribution in [-0.2, 0) is 4.79 Å². The van der Waals surface area contributed by atoms with E-state index >= 15 is 0 Å². The number of halogens is 2. The average Bonchev–Trinajstić information content (AvgIpc) is 1.90. The topological polar surface area (TPSA) is 29.1 Å². The zero-order valence-corrected chi connectivity index (χ0v) is 7.51. The molecule has 0 unspecified atom stereocenters. The Hall–Kier alpha value is -0.0300. The fourth-order valence-corrected chi connectivity index (χ4v) is 2.16. The summed E-state index contributed by atoms with van der Waals surface area (Å²) in [6, 6.07) is 0. The Morgan fingerprint density at radius 1 is 1.78 bits per heavy atom. The van der Waals surface area contributed by atoms with E-state index in [0.29, 0.717) is 5.70 Å². The first-order valence-electron chi connectivity index (χ1n) is 2.29. The first kappa shape index (κ1) is 7.08. The standard InChI is InChI=1S/C5H5ClINO/c6-5(9)4-2-1-3-7-8-4/h1-3,7-8H. The summed E-state index contributed by atoms with van der Waals surface area (Å²) in [5, 5.41) is -0.399. The van der Waals surface area contributed by atoms with Crippen molar-refractivity contribution in [3.63, 3.8) is 0 Å². The molecule has 50 valence electrons. The quantitative estimate of drug-likeness (QED) is 0.437. The molecule has 2 nitrogen and oxygen atoms in total. The third-order valence-corrected chi connectivity index (χ3v) is 2.79. The van der Waals surface area contributed by atoms with Crippen LogP contribution in [0.3, 0.4) is 0 Å². The van der Waals surface area contributed by atoms with Gasteiger partial charge in [-0.3, -0.25) is 0 Å².